The van der Waals surface area contributed by atoms with Gasteiger partial charge in [-0.05, 0) is 58.2 Å². The van der Waals surface area contributed by atoms with Crippen molar-refractivity contribution in [3.63, 3.8) is 0 Å². The van der Waals surface area contributed by atoms with Gasteiger partial charge in [0.2, 0.25) is 0 Å². The summed E-state index contributed by atoms with van der Waals surface area (Å²) in [4.78, 5) is 5.61. The van der Waals surface area contributed by atoms with Gasteiger partial charge < -0.3 is 10.5 Å². The first-order valence-corrected chi connectivity index (χ1v) is 11.4. The van der Waals surface area contributed by atoms with E-state index >= 15 is 0 Å². The minimum atomic E-state index is -0.318. The van der Waals surface area contributed by atoms with Crippen LogP contribution in [-0.2, 0) is 33.4 Å². The number of nitrogens with zero attached hydrogens (tertiary/aromatic N) is 6. The maximum absolute atomic E-state index is 14.1. The van der Waals surface area contributed by atoms with E-state index in [1.54, 1.807) is 30.2 Å². The predicted molar refractivity (Wildman–Crippen MR) is 127 cm³/mol. The van der Waals surface area contributed by atoms with Crippen LogP contribution in [0.4, 0.5) is 10.2 Å². The summed E-state index contributed by atoms with van der Waals surface area (Å²) in [6.07, 6.45) is 3.50. The number of hydrogen-bond donors (Lipinski definition) is 1. The second-order valence-electron chi connectivity index (χ2n) is 7.70. The van der Waals surface area contributed by atoms with E-state index < -0.39 is 0 Å². The highest BCUT2D eigenvalue weighted by molar-refractivity contribution is 9.10. The Labute approximate surface area is 199 Å². The molecule has 0 amide bonds. The normalized spacial score (nSPS) is 11.2. The van der Waals surface area contributed by atoms with Crippen molar-refractivity contribution in [2.24, 2.45) is 14.1 Å². The van der Waals surface area contributed by atoms with Gasteiger partial charge in [0.15, 0.2) is 11.6 Å². The van der Waals surface area contributed by atoms with Gasteiger partial charge in [0.05, 0.1) is 18.0 Å². The molecule has 0 aliphatic carbocycles. The number of nitrogen functional groups attached to an aromatic ring is 1. The third-order valence-corrected chi connectivity index (χ3v) is 5.76. The predicted octanol–water partition coefficient (Wildman–Crippen LogP) is 3.87. The molecule has 2 N–H and O–H groups in total. The minimum Gasteiger partial charge on any atom is -0.489 e. The van der Waals surface area contributed by atoms with Crippen molar-refractivity contribution in [2.75, 3.05) is 12.3 Å². The number of aromatic nitrogens is 6. The van der Waals surface area contributed by atoms with Crippen LogP contribution in [0.15, 0.2) is 41.0 Å². The van der Waals surface area contributed by atoms with Gasteiger partial charge in [-0.3, -0.25) is 4.68 Å². The molecular weight excluding hydrogens is 489 g/mol. The third kappa shape index (κ3) is 5.22. The minimum absolute atomic E-state index is 0.302. The molecule has 0 aliphatic rings. The van der Waals surface area contributed by atoms with E-state index in [1.165, 1.54) is 12.1 Å². The lowest BCUT2D eigenvalue weighted by Gasteiger charge is -2.12. The average Bonchev–Trinajstić information content (AvgIpc) is 3.32. The number of hydrogen-bond acceptors (Lipinski definition) is 6. The Morgan fingerprint density at radius 3 is 2.70 bits per heavy atom. The van der Waals surface area contributed by atoms with Gasteiger partial charge in [0.25, 0.3) is 0 Å². The monoisotopic (exact) mass is 513 g/mol. The van der Waals surface area contributed by atoms with Gasteiger partial charge in [0, 0.05) is 48.9 Å². The lowest BCUT2D eigenvalue weighted by molar-refractivity contribution is 0.322. The van der Waals surface area contributed by atoms with E-state index in [0.717, 1.165) is 44.8 Å². The fourth-order valence-corrected chi connectivity index (χ4v) is 3.98. The molecule has 0 saturated heterocycles. The van der Waals surface area contributed by atoms with Crippen LogP contribution < -0.4 is 10.5 Å². The molecule has 172 valence electrons. The van der Waals surface area contributed by atoms with E-state index in [9.17, 15) is 4.39 Å². The Morgan fingerprint density at radius 1 is 1.12 bits per heavy atom. The third-order valence-electron chi connectivity index (χ3n) is 5.32. The summed E-state index contributed by atoms with van der Waals surface area (Å²) < 4.78 is 22.6. The summed E-state index contributed by atoms with van der Waals surface area (Å²) >= 11 is 3.36. The smallest absolute Gasteiger partial charge is 0.166 e. The number of rotatable bonds is 8. The number of aryl methyl sites for hydroxylation is 3. The number of anilines is 1. The second kappa shape index (κ2) is 9.70. The summed E-state index contributed by atoms with van der Waals surface area (Å²) in [5.74, 6) is 0.462. The molecule has 0 bridgehead atoms. The molecule has 0 aliphatic heterocycles. The first-order chi connectivity index (χ1) is 15.8. The van der Waals surface area contributed by atoms with Crippen LogP contribution in [0, 0.1) is 5.82 Å². The van der Waals surface area contributed by atoms with E-state index in [4.69, 9.17) is 10.5 Å². The van der Waals surface area contributed by atoms with Gasteiger partial charge >= 0.3 is 0 Å². The van der Waals surface area contributed by atoms with E-state index in [0.29, 0.717) is 31.0 Å². The van der Waals surface area contributed by atoms with Crippen molar-refractivity contribution in [1.29, 1.82) is 0 Å². The Bertz CT molecular complexity index is 1280. The number of pyridine rings is 1. The van der Waals surface area contributed by atoms with Crippen LogP contribution in [0.1, 0.15) is 29.6 Å². The molecule has 4 rings (SSSR count). The lowest BCUT2D eigenvalue weighted by Crippen LogP contribution is -2.06. The number of halogens is 2. The summed E-state index contributed by atoms with van der Waals surface area (Å²) in [5.41, 5.74) is 11.1. The standard InChI is InChI=1S/C23H25BrFN7O/c1-4-17-11-18(31(2)28-17)12-20-22(30-32(3)29-20)19-6-5-16(25)9-14(19)7-8-33-21-10-15(24)13-27-23(21)26/h5-6,9-11,13H,4,7-8,12H2,1-3H3,(H2,26,27). The number of nitrogens with two attached hydrogens (primary N) is 1. The van der Waals surface area contributed by atoms with Crippen molar-refractivity contribution >= 4 is 21.7 Å². The van der Waals surface area contributed by atoms with E-state index in [1.807, 2.05) is 11.7 Å². The molecule has 1 aromatic carbocycles. The quantitative estimate of drug-likeness (QED) is 0.384. The van der Waals surface area contributed by atoms with Crippen LogP contribution in [0.25, 0.3) is 11.3 Å². The molecule has 0 saturated carbocycles. The van der Waals surface area contributed by atoms with Crippen molar-refractivity contribution in [1.82, 2.24) is 29.8 Å². The average molecular weight is 514 g/mol. The Balaban J connectivity index is 1.60. The molecule has 0 radical (unpaired) electrons. The Hall–Kier alpha value is -3.27. The SMILES string of the molecule is CCc1cc(Cc2nn(C)nc2-c2ccc(F)cc2CCOc2cc(Br)cnc2N)n(C)n1. The van der Waals surface area contributed by atoms with E-state index in [-0.39, 0.29) is 5.82 Å². The van der Waals surface area contributed by atoms with Crippen molar-refractivity contribution in [3.8, 4) is 17.0 Å². The molecule has 10 heteroatoms. The Kier molecular flexibility index (Phi) is 6.73. The highest BCUT2D eigenvalue weighted by atomic mass is 79.9. The zero-order valence-electron chi connectivity index (χ0n) is 18.7. The molecule has 3 aromatic heterocycles. The van der Waals surface area contributed by atoms with Gasteiger partial charge in [0.1, 0.15) is 11.5 Å². The zero-order valence-corrected chi connectivity index (χ0v) is 20.3. The topological polar surface area (TPSA) is 96.7 Å². The van der Waals surface area contributed by atoms with Crippen LogP contribution in [0.2, 0.25) is 0 Å². The molecule has 33 heavy (non-hydrogen) atoms. The first kappa shape index (κ1) is 22.9. The summed E-state index contributed by atoms with van der Waals surface area (Å²) in [5, 5.41) is 13.7. The number of benzene rings is 1. The Morgan fingerprint density at radius 2 is 1.94 bits per heavy atom. The van der Waals surface area contributed by atoms with Gasteiger partial charge in [-0.15, -0.1) is 0 Å². The maximum atomic E-state index is 14.1. The van der Waals surface area contributed by atoms with Gasteiger partial charge in [-0.2, -0.15) is 20.1 Å². The van der Waals surface area contributed by atoms with Crippen molar-refractivity contribution in [2.45, 2.75) is 26.2 Å². The van der Waals surface area contributed by atoms with Crippen molar-refractivity contribution < 1.29 is 9.13 Å². The molecule has 0 atom stereocenters. The second-order valence-corrected chi connectivity index (χ2v) is 8.62. The van der Waals surface area contributed by atoms with Gasteiger partial charge in [-0.25, -0.2) is 9.37 Å². The van der Waals surface area contributed by atoms with Crippen LogP contribution >= 0.6 is 15.9 Å². The number of ether oxygens (including phenoxy) is 1. The zero-order chi connectivity index (χ0) is 23.5. The molecule has 4 aromatic rings. The van der Waals surface area contributed by atoms with Crippen LogP contribution in [-0.4, -0.2) is 36.4 Å². The maximum Gasteiger partial charge on any atom is 0.166 e. The highest BCUT2D eigenvalue weighted by Gasteiger charge is 2.18. The molecule has 3 heterocycles. The summed E-state index contributed by atoms with van der Waals surface area (Å²) in [6, 6.07) is 8.53. The molecule has 0 fully saturated rings. The van der Waals surface area contributed by atoms with Crippen LogP contribution in [0.5, 0.6) is 5.75 Å². The highest BCUT2D eigenvalue weighted by Crippen LogP contribution is 2.28. The molecule has 0 spiro atoms. The van der Waals surface area contributed by atoms with Crippen molar-refractivity contribution in [3.05, 3.63) is 69.5 Å². The first-order valence-electron chi connectivity index (χ1n) is 10.6. The molecule has 0 unspecified atom stereocenters. The van der Waals surface area contributed by atoms with E-state index in [2.05, 4.69) is 49.2 Å². The van der Waals surface area contributed by atoms with Gasteiger partial charge in [-0.1, -0.05) is 6.92 Å². The summed E-state index contributed by atoms with van der Waals surface area (Å²) in [7, 11) is 3.71. The fourth-order valence-electron chi connectivity index (χ4n) is 3.67. The summed E-state index contributed by atoms with van der Waals surface area (Å²) in [6.45, 7) is 2.38. The lowest BCUT2D eigenvalue weighted by atomic mass is 9.99. The fraction of sp³-hybridized carbons (Fsp3) is 0.304. The molecule has 8 nitrogen and oxygen atoms in total. The van der Waals surface area contributed by atoms with Crippen LogP contribution in [0.3, 0.4) is 0 Å². The largest absolute Gasteiger partial charge is 0.489 e. The molecular formula is C23H25BrFN7O.